The topological polar surface area (TPSA) is 26.3 Å². The summed E-state index contributed by atoms with van der Waals surface area (Å²) in [6.45, 7) is 6.90. The van der Waals surface area contributed by atoms with Crippen LogP contribution in [-0.2, 0) is 9.53 Å². The molecule has 0 aliphatic heterocycles. The minimum atomic E-state index is -0.115. The molecule has 92 valence electrons. The van der Waals surface area contributed by atoms with E-state index in [-0.39, 0.29) is 5.97 Å². The summed E-state index contributed by atoms with van der Waals surface area (Å²) >= 11 is 1.81. The maximum Gasteiger partial charge on any atom is 0.306 e. The maximum absolute atomic E-state index is 11.0. The molecule has 16 heavy (non-hydrogen) atoms. The third kappa shape index (κ3) is 4.60. The molecule has 1 rings (SSSR count). The van der Waals surface area contributed by atoms with E-state index in [2.05, 4.69) is 31.6 Å². The van der Waals surface area contributed by atoms with Gasteiger partial charge in [0.15, 0.2) is 0 Å². The van der Waals surface area contributed by atoms with E-state index < -0.39 is 0 Å². The highest BCUT2D eigenvalue weighted by Crippen LogP contribution is 2.41. The molecule has 0 N–H and O–H groups in total. The fourth-order valence-electron chi connectivity index (χ4n) is 2.32. The Morgan fingerprint density at radius 3 is 2.88 bits per heavy atom. The molecule has 0 bridgehead atoms. The van der Waals surface area contributed by atoms with Crippen molar-refractivity contribution in [1.82, 2.24) is 0 Å². The fraction of sp³-hybridized carbons (Fsp3) is 0.769. The number of hydrogen-bond donors (Lipinski definition) is 0. The highest BCUT2D eigenvalue weighted by Gasteiger charge is 2.26. The predicted molar refractivity (Wildman–Crippen MR) is 69.4 cm³/mol. The summed E-state index contributed by atoms with van der Waals surface area (Å²) in [6, 6.07) is 0. The van der Waals surface area contributed by atoms with Gasteiger partial charge in [0.1, 0.15) is 0 Å². The third-order valence-corrected chi connectivity index (χ3v) is 3.88. The average molecular weight is 242 g/mol. The highest BCUT2D eigenvalue weighted by atomic mass is 32.2. The first-order valence-electron chi connectivity index (χ1n) is 5.83. The molecule has 1 aliphatic carbocycles. The average Bonchev–Trinajstić information content (AvgIpc) is 2.14. The van der Waals surface area contributed by atoms with Crippen LogP contribution in [0.2, 0.25) is 0 Å². The summed E-state index contributed by atoms with van der Waals surface area (Å²) in [5.74, 6) is 1.38. The molecule has 3 heteroatoms. The molecule has 2 nitrogen and oxygen atoms in total. The molecule has 0 amide bonds. The van der Waals surface area contributed by atoms with E-state index in [4.69, 9.17) is 0 Å². The van der Waals surface area contributed by atoms with Gasteiger partial charge in [-0.05, 0) is 29.1 Å². The Balaban J connectivity index is 2.39. The molecule has 1 atom stereocenters. The zero-order valence-electron chi connectivity index (χ0n) is 10.7. The van der Waals surface area contributed by atoms with Gasteiger partial charge in [-0.15, -0.1) is 11.8 Å². The van der Waals surface area contributed by atoms with Gasteiger partial charge in [-0.1, -0.05) is 26.8 Å². The van der Waals surface area contributed by atoms with E-state index >= 15 is 0 Å². The van der Waals surface area contributed by atoms with Crippen LogP contribution in [-0.4, -0.2) is 18.8 Å². The van der Waals surface area contributed by atoms with Gasteiger partial charge >= 0.3 is 5.97 Å². The number of methoxy groups -OCH3 is 1. The standard InChI is InChI=1S/C13H22O2S/c1-10-7-11(9-13(2,3)8-10)16-6-5-12(14)15-4/h7,10H,5-6,8-9H2,1-4H3. The predicted octanol–water partition coefficient (Wildman–Crippen LogP) is 3.62. The summed E-state index contributed by atoms with van der Waals surface area (Å²) in [7, 11) is 1.44. The van der Waals surface area contributed by atoms with Crippen molar-refractivity contribution in [1.29, 1.82) is 0 Å². The van der Waals surface area contributed by atoms with Crippen LogP contribution >= 0.6 is 11.8 Å². The van der Waals surface area contributed by atoms with Gasteiger partial charge in [0, 0.05) is 5.75 Å². The van der Waals surface area contributed by atoms with Crippen LogP contribution < -0.4 is 0 Å². The highest BCUT2D eigenvalue weighted by molar-refractivity contribution is 8.03. The Morgan fingerprint density at radius 2 is 2.31 bits per heavy atom. The molecule has 0 aromatic carbocycles. The number of thioether (sulfide) groups is 1. The van der Waals surface area contributed by atoms with Crippen molar-refractivity contribution >= 4 is 17.7 Å². The van der Waals surface area contributed by atoms with Crippen molar-refractivity contribution in [3.8, 4) is 0 Å². The number of hydrogen-bond acceptors (Lipinski definition) is 3. The lowest BCUT2D eigenvalue weighted by Crippen LogP contribution is -2.19. The second-order valence-corrected chi connectivity index (χ2v) is 6.55. The quantitative estimate of drug-likeness (QED) is 0.704. The summed E-state index contributed by atoms with van der Waals surface area (Å²) in [5.41, 5.74) is 0.405. The minimum Gasteiger partial charge on any atom is -0.469 e. The van der Waals surface area contributed by atoms with E-state index in [0.717, 1.165) is 12.2 Å². The first kappa shape index (κ1) is 13.6. The van der Waals surface area contributed by atoms with Gasteiger partial charge in [-0.3, -0.25) is 4.79 Å². The van der Waals surface area contributed by atoms with Gasteiger partial charge in [-0.2, -0.15) is 0 Å². The van der Waals surface area contributed by atoms with E-state index in [9.17, 15) is 4.79 Å². The Bertz CT molecular complexity index is 282. The Kier molecular flexibility index (Phi) is 4.90. The number of allylic oxidation sites excluding steroid dienone is 2. The van der Waals surface area contributed by atoms with Crippen molar-refractivity contribution in [3.05, 3.63) is 11.0 Å². The van der Waals surface area contributed by atoms with Crippen LogP contribution in [0.1, 0.15) is 40.0 Å². The smallest absolute Gasteiger partial charge is 0.306 e. The third-order valence-electron chi connectivity index (χ3n) is 2.82. The molecule has 0 radical (unpaired) electrons. The van der Waals surface area contributed by atoms with E-state index in [1.165, 1.54) is 18.4 Å². The zero-order chi connectivity index (χ0) is 12.2. The number of esters is 1. The molecular weight excluding hydrogens is 220 g/mol. The van der Waals surface area contributed by atoms with Crippen molar-refractivity contribution in [3.63, 3.8) is 0 Å². The van der Waals surface area contributed by atoms with E-state index in [0.29, 0.717) is 17.8 Å². The summed E-state index contributed by atoms with van der Waals surface area (Å²) in [4.78, 5) is 12.4. The molecule has 0 saturated carbocycles. The lowest BCUT2D eigenvalue weighted by molar-refractivity contribution is -0.140. The van der Waals surface area contributed by atoms with Crippen LogP contribution in [0.15, 0.2) is 11.0 Å². The van der Waals surface area contributed by atoms with Crippen molar-refractivity contribution in [2.45, 2.75) is 40.0 Å². The Hall–Kier alpha value is -0.440. The van der Waals surface area contributed by atoms with Crippen LogP contribution in [0.25, 0.3) is 0 Å². The lowest BCUT2D eigenvalue weighted by atomic mass is 9.76. The Morgan fingerprint density at radius 1 is 1.62 bits per heavy atom. The van der Waals surface area contributed by atoms with Gasteiger partial charge in [0.05, 0.1) is 13.5 Å². The largest absolute Gasteiger partial charge is 0.469 e. The monoisotopic (exact) mass is 242 g/mol. The number of carbonyl (C=O) groups is 1. The van der Waals surface area contributed by atoms with Gasteiger partial charge in [-0.25, -0.2) is 0 Å². The second-order valence-electron chi connectivity index (χ2n) is 5.33. The lowest BCUT2D eigenvalue weighted by Gasteiger charge is -2.33. The zero-order valence-corrected chi connectivity index (χ0v) is 11.5. The molecule has 1 aliphatic rings. The number of rotatable bonds is 4. The first-order chi connectivity index (χ1) is 7.43. The second kappa shape index (κ2) is 5.76. The van der Waals surface area contributed by atoms with Crippen LogP contribution in [0, 0.1) is 11.3 Å². The fourth-order valence-corrected chi connectivity index (χ4v) is 3.67. The number of carbonyl (C=O) groups excluding carboxylic acids is 1. The molecule has 0 saturated heterocycles. The summed E-state index contributed by atoms with van der Waals surface area (Å²) in [6.07, 6.45) is 5.26. The van der Waals surface area contributed by atoms with Crippen LogP contribution in [0.3, 0.4) is 0 Å². The molecule has 0 spiro atoms. The van der Waals surface area contributed by atoms with Crippen LogP contribution in [0.5, 0.6) is 0 Å². The van der Waals surface area contributed by atoms with E-state index in [1.54, 1.807) is 0 Å². The number of ether oxygens (including phenoxy) is 1. The van der Waals surface area contributed by atoms with Crippen molar-refractivity contribution in [2.24, 2.45) is 11.3 Å². The van der Waals surface area contributed by atoms with Gasteiger partial charge < -0.3 is 4.74 Å². The Labute approximate surface area is 103 Å². The molecule has 0 aromatic rings. The molecule has 0 fully saturated rings. The molecule has 0 heterocycles. The van der Waals surface area contributed by atoms with Gasteiger partial charge in [0.25, 0.3) is 0 Å². The van der Waals surface area contributed by atoms with E-state index in [1.807, 2.05) is 11.8 Å². The van der Waals surface area contributed by atoms with Crippen molar-refractivity contribution in [2.75, 3.05) is 12.9 Å². The SMILES string of the molecule is COC(=O)CCSC1=CC(C)CC(C)(C)C1. The summed E-state index contributed by atoms with van der Waals surface area (Å²) < 4.78 is 4.63. The molecule has 0 aromatic heterocycles. The molecular formula is C13H22O2S. The normalized spacial score (nSPS) is 23.8. The van der Waals surface area contributed by atoms with Gasteiger partial charge in [0.2, 0.25) is 0 Å². The minimum absolute atomic E-state index is 0.115. The molecule has 1 unspecified atom stereocenters. The maximum atomic E-state index is 11.0. The van der Waals surface area contributed by atoms with Crippen LogP contribution in [0.4, 0.5) is 0 Å². The first-order valence-corrected chi connectivity index (χ1v) is 6.82. The summed E-state index contributed by atoms with van der Waals surface area (Å²) in [5, 5.41) is 0. The van der Waals surface area contributed by atoms with Crippen molar-refractivity contribution < 1.29 is 9.53 Å².